The van der Waals surface area contributed by atoms with E-state index in [0.29, 0.717) is 17.5 Å². The molecule has 0 saturated heterocycles. The van der Waals surface area contributed by atoms with Crippen molar-refractivity contribution in [2.75, 3.05) is 0 Å². The minimum Gasteiger partial charge on any atom is -0.454 e. The Morgan fingerprint density at radius 1 is 0.344 bits per heavy atom. The standard InChI is InChI=1S/C58H35N5O/c1-2-14-40(15-3-1)56-60-57(62-58(61-56)42-16-12-17-43(35-42)63-49-22-9-6-19-45(49)46-20-7-10-23-50(46)63)41-31-27-37(28-32-41)36-25-29-39(30-26-36)54-55-53(47-21-8-11-24-51(47)64-55)52-44-18-5-4-13-38(44)33-34-48(52)59-54/h1-35H. The van der Waals surface area contributed by atoms with Crippen LogP contribution in [0.3, 0.4) is 0 Å². The Balaban J connectivity index is 0.871. The van der Waals surface area contributed by atoms with E-state index in [2.05, 4.69) is 174 Å². The Bertz CT molecular complexity index is 3890. The first-order valence-electron chi connectivity index (χ1n) is 21.5. The number of benzene rings is 9. The first-order chi connectivity index (χ1) is 31.7. The first kappa shape index (κ1) is 36.0. The molecule has 4 heterocycles. The Morgan fingerprint density at radius 2 is 0.875 bits per heavy atom. The zero-order chi connectivity index (χ0) is 42.1. The highest BCUT2D eigenvalue weighted by Gasteiger charge is 2.20. The molecule has 13 aromatic rings. The Hall–Kier alpha value is -8.74. The third-order valence-corrected chi connectivity index (χ3v) is 12.4. The van der Waals surface area contributed by atoms with Crippen LogP contribution in [0.4, 0.5) is 0 Å². The van der Waals surface area contributed by atoms with Gasteiger partial charge in [0.2, 0.25) is 0 Å². The normalized spacial score (nSPS) is 11.8. The van der Waals surface area contributed by atoms with Crippen molar-refractivity contribution in [1.82, 2.24) is 24.5 Å². The summed E-state index contributed by atoms with van der Waals surface area (Å²) in [5.74, 6) is 1.84. The number of hydrogen-bond acceptors (Lipinski definition) is 5. The molecule has 0 saturated carbocycles. The zero-order valence-corrected chi connectivity index (χ0v) is 34.4. The van der Waals surface area contributed by atoms with Gasteiger partial charge in [-0.2, -0.15) is 0 Å². The van der Waals surface area contributed by atoms with Crippen molar-refractivity contribution < 1.29 is 4.42 Å². The number of hydrogen-bond donors (Lipinski definition) is 0. The predicted molar refractivity (Wildman–Crippen MR) is 261 cm³/mol. The fourth-order valence-electron chi connectivity index (χ4n) is 9.41. The molecular weight excluding hydrogens is 783 g/mol. The van der Waals surface area contributed by atoms with E-state index in [1.54, 1.807) is 0 Å². The van der Waals surface area contributed by atoms with Crippen molar-refractivity contribution in [1.29, 1.82) is 0 Å². The van der Waals surface area contributed by atoms with Crippen molar-refractivity contribution >= 4 is 65.4 Å². The first-order valence-corrected chi connectivity index (χ1v) is 21.5. The van der Waals surface area contributed by atoms with Gasteiger partial charge >= 0.3 is 0 Å². The third-order valence-electron chi connectivity index (χ3n) is 12.4. The summed E-state index contributed by atoms with van der Waals surface area (Å²) in [4.78, 5) is 20.5. The number of furan rings is 1. The number of para-hydroxylation sites is 3. The molecule has 298 valence electrons. The second-order valence-electron chi connectivity index (χ2n) is 16.2. The van der Waals surface area contributed by atoms with Crippen molar-refractivity contribution in [3.05, 3.63) is 212 Å². The number of pyridine rings is 1. The average Bonchev–Trinajstić information content (AvgIpc) is 3.93. The third kappa shape index (κ3) is 5.81. The molecule has 64 heavy (non-hydrogen) atoms. The molecule has 4 aromatic heterocycles. The lowest BCUT2D eigenvalue weighted by Crippen LogP contribution is -2.01. The van der Waals surface area contributed by atoms with Crippen LogP contribution in [0, 0.1) is 0 Å². The molecule has 0 unspecified atom stereocenters. The maximum Gasteiger partial charge on any atom is 0.164 e. The molecule has 6 nitrogen and oxygen atoms in total. The van der Waals surface area contributed by atoms with Crippen LogP contribution in [0.25, 0.3) is 128 Å². The number of rotatable bonds is 6. The maximum absolute atomic E-state index is 6.61. The Labute approximate surface area is 367 Å². The summed E-state index contributed by atoms with van der Waals surface area (Å²) in [6, 6.07) is 73.8. The van der Waals surface area contributed by atoms with Gasteiger partial charge in [0.15, 0.2) is 23.1 Å². The van der Waals surface area contributed by atoms with E-state index in [1.165, 1.54) is 21.5 Å². The summed E-state index contributed by atoms with van der Waals surface area (Å²) in [5, 5.41) is 8.10. The van der Waals surface area contributed by atoms with Crippen LogP contribution in [0.5, 0.6) is 0 Å². The van der Waals surface area contributed by atoms with E-state index < -0.39 is 0 Å². The molecule has 6 heteroatoms. The summed E-state index contributed by atoms with van der Waals surface area (Å²) in [6.45, 7) is 0. The van der Waals surface area contributed by atoms with Crippen molar-refractivity contribution in [2.45, 2.75) is 0 Å². The molecule has 0 aliphatic heterocycles. The number of nitrogens with zero attached hydrogens (tertiary/aromatic N) is 5. The van der Waals surface area contributed by atoms with Gasteiger partial charge in [-0.05, 0) is 58.3 Å². The summed E-state index contributed by atoms with van der Waals surface area (Å²) >= 11 is 0. The van der Waals surface area contributed by atoms with Crippen molar-refractivity contribution in [3.8, 4) is 62.2 Å². The molecule has 9 aromatic carbocycles. The average molecular weight is 818 g/mol. The van der Waals surface area contributed by atoms with Gasteiger partial charge in [0.25, 0.3) is 0 Å². The molecule has 0 aliphatic rings. The molecule has 0 amide bonds. The van der Waals surface area contributed by atoms with E-state index in [0.717, 1.165) is 88.6 Å². The molecule has 0 aliphatic carbocycles. The minimum atomic E-state index is 0.609. The van der Waals surface area contributed by atoms with Crippen LogP contribution in [0.15, 0.2) is 217 Å². The van der Waals surface area contributed by atoms with Gasteiger partial charge in [-0.3, -0.25) is 0 Å². The van der Waals surface area contributed by atoms with Crippen LogP contribution >= 0.6 is 0 Å². The van der Waals surface area contributed by atoms with E-state index in [-0.39, 0.29) is 0 Å². The van der Waals surface area contributed by atoms with Gasteiger partial charge in [0.1, 0.15) is 11.3 Å². The topological polar surface area (TPSA) is 69.6 Å². The van der Waals surface area contributed by atoms with Gasteiger partial charge in [-0.15, -0.1) is 0 Å². The molecule has 13 rings (SSSR count). The van der Waals surface area contributed by atoms with E-state index >= 15 is 0 Å². The summed E-state index contributed by atoms with van der Waals surface area (Å²) in [6.07, 6.45) is 0. The summed E-state index contributed by atoms with van der Waals surface area (Å²) < 4.78 is 8.93. The SMILES string of the molecule is c1ccc(-c2nc(-c3ccc(-c4ccc(-c5nc6ccc7ccccc7c6c6c5oc5ccccc56)cc4)cc3)nc(-c3cccc(-n4c5ccccc5c5ccccc54)c3)n2)cc1. The second kappa shape index (κ2) is 14.4. The van der Waals surface area contributed by atoms with Crippen LogP contribution < -0.4 is 0 Å². The van der Waals surface area contributed by atoms with Gasteiger partial charge in [-0.1, -0.05) is 176 Å². The molecule has 0 bridgehead atoms. The molecule has 0 spiro atoms. The molecular formula is C58H35N5O. The number of fused-ring (bicyclic) bond motifs is 10. The van der Waals surface area contributed by atoms with E-state index in [4.69, 9.17) is 24.4 Å². The molecule has 0 atom stereocenters. The largest absolute Gasteiger partial charge is 0.454 e. The maximum atomic E-state index is 6.61. The highest BCUT2D eigenvalue weighted by atomic mass is 16.3. The van der Waals surface area contributed by atoms with E-state index in [1.807, 2.05) is 42.5 Å². The minimum absolute atomic E-state index is 0.609. The van der Waals surface area contributed by atoms with Crippen molar-refractivity contribution in [3.63, 3.8) is 0 Å². The quantitative estimate of drug-likeness (QED) is 0.156. The zero-order valence-electron chi connectivity index (χ0n) is 34.4. The lowest BCUT2D eigenvalue weighted by atomic mass is 9.97. The van der Waals surface area contributed by atoms with Gasteiger partial charge < -0.3 is 8.98 Å². The predicted octanol–water partition coefficient (Wildman–Crippen LogP) is 14.9. The van der Waals surface area contributed by atoms with Crippen LogP contribution in [0.1, 0.15) is 0 Å². The fourth-order valence-corrected chi connectivity index (χ4v) is 9.41. The highest BCUT2D eigenvalue weighted by Crippen LogP contribution is 2.42. The van der Waals surface area contributed by atoms with Gasteiger partial charge in [0.05, 0.1) is 16.6 Å². The van der Waals surface area contributed by atoms with Crippen LogP contribution in [-0.2, 0) is 0 Å². The summed E-state index contributed by atoms with van der Waals surface area (Å²) in [7, 11) is 0. The highest BCUT2D eigenvalue weighted by molar-refractivity contribution is 6.27. The van der Waals surface area contributed by atoms with Crippen molar-refractivity contribution in [2.24, 2.45) is 0 Å². The second-order valence-corrected chi connectivity index (χ2v) is 16.2. The van der Waals surface area contributed by atoms with Gasteiger partial charge in [-0.25, -0.2) is 19.9 Å². The molecule has 0 fully saturated rings. The monoisotopic (exact) mass is 817 g/mol. The summed E-state index contributed by atoms with van der Waals surface area (Å²) in [5.41, 5.74) is 12.7. The van der Waals surface area contributed by atoms with Crippen LogP contribution in [-0.4, -0.2) is 24.5 Å². The smallest absolute Gasteiger partial charge is 0.164 e. The Morgan fingerprint density at radius 3 is 1.58 bits per heavy atom. The van der Waals surface area contributed by atoms with E-state index in [9.17, 15) is 0 Å². The molecule has 0 radical (unpaired) electrons. The fraction of sp³-hybridized carbons (Fsp3) is 0. The molecule has 0 N–H and O–H groups in total. The van der Waals surface area contributed by atoms with Crippen LogP contribution in [0.2, 0.25) is 0 Å². The van der Waals surface area contributed by atoms with Gasteiger partial charge in [0, 0.05) is 54.9 Å². The lowest BCUT2D eigenvalue weighted by molar-refractivity contribution is 0.669. The Kier molecular flexibility index (Phi) is 8.11. The lowest BCUT2D eigenvalue weighted by Gasteiger charge is -2.12. The number of aromatic nitrogens is 5.